The van der Waals surface area contributed by atoms with Crippen molar-refractivity contribution in [3.8, 4) is 22.3 Å². The predicted octanol–water partition coefficient (Wildman–Crippen LogP) is 6.58. The predicted molar refractivity (Wildman–Crippen MR) is 226 cm³/mol. The highest BCUT2D eigenvalue weighted by Gasteiger charge is 2.60. The molecule has 7 aliphatic heterocycles. The Morgan fingerprint density at radius 2 is 1.00 bits per heavy atom. The largest absolute Gasteiger partial charge is 0.549 e. The van der Waals surface area contributed by atoms with Gasteiger partial charge in [0, 0.05) is 6.61 Å². The third kappa shape index (κ3) is 4.71. The lowest BCUT2D eigenvalue weighted by molar-refractivity contribution is -0.262. The van der Waals surface area contributed by atoms with Gasteiger partial charge in [0.25, 0.3) is 0 Å². The van der Waals surface area contributed by atoms with Crippen molar-refractivity contribution < 1.29 is 28.5 Å². The van der Waals surface area contributed by atoms with Crippen molar-refractivity contribution in [2.75, 3.05) is 6.61 Å². The molecule has 3 fully saturated rings. The van der Waals surface area contributed by atoms with E-state index in [-0.39, 0.29) is 6.61 Å². The zero-order chi connectivity index (χ0) is 38.2. The molecule has 1 N–H and O–H groups in total. The normalized spacial score (nSPS) is 29.6. The maximum Gasteiger partial charge on any atom is 0.350 e. The first kappa shape index (κ1) is 33.8. The highest BCUT2D eigenvalue weighted by molar-refractivity contribution is 6.81. The van der Waals surface area contributed by atoms with Gasteiger partial charge in [-0.05, 0) is 93.2 Å². The molecule has 7 heterocycles. The Bertz CT molecular complexity index is 2620. The van der Waals surface area contributed by atoms with Gasteiger partial charge in [-0.3, -0.25) is 0 Å². The molecule has 4 unspecified atom stereocenters. The van der Waals surface area contributed by atoms with Crippen molar-refractivity contribution in [3.05, 3.63) is 168 Å². The molecule has 0 aliphatic carbocycles. The summed E-state index contributed by atoms with van der Waals surface area (Å²) in [6.07, 6.45) is -3.82. The second-order valence-corrected chi connectivity index (χ2v) is 17.0. The number of aliphatic hydroxyl groups is 1. The van der Waals surface area contributed by atoms with Crippen molar-refractivity contribution in [2.24, 2.45) is 0 Å². The highest BCUT2D eigenvalue weighted by atomic mass is 16.8. The Labute approximate surface area is 336 Å². The number of nitrogens with zero attached hydrogens (tertiary/aromatic N) is 2. The zero-order valence-electron chi connectivity index (χ0n) is 31.8. The fourth-order valence-electron chi connectivity index (χ4n) is 11.4. The van der Waals surface area contributed by atoms with E-state index in [4.69, 9.17) is 23.4 Å². The lowest BCUT2D eigenvalue weighted by Crippen LogP contribution is -2.73. The molecule has 8 nitrogen and oxygen atoms in total. The van der Waals surface area contributed by atoms with Crippen LogP contribution in [-0.4, -0.2) is 65.4 Å². The van der Waals surface area contributed by atoms with Crippen LogP contribution in [0.2, 0.25) is 0 Å². The average Bonchev–Trinajstić information content (AvgIpc) is 3.89. The van der Waals surface area contributed by atoms with Crippen molar-refractivity contribution in [2.45, 2.75) is 56.9 Å². The molecule has 3 saturated heterocycles. The van der Waals surface area contributed by atoms with Gasteiger partial charge in [0.1, 0.15) is 18.5 Å². The summed E-state index contributed by atoms with van der Waals surface area (Å²) in [4.78, 5) is 4.62. The van der Waals surface area contributed by atoms with Gasteiger partial charge < -0.3 is 38.1 Å². The molecule has 0 amide bonds. The van der Waals surface area contributed by atoms with Crippen molar-refractivity contribution in [1.29, 1.82) is 0 Å². The molecule has 0 saturated carbocycles. The molecule has 0 aromatic heterocycles. The van der Waals surface area contributed by atoms with Crippen LogP contribution in [0.5, 0.6) is 0 Å². The van der Waals surface area contributed by atoms with Crippen LogP contribution in [0.1, 0.15) is 22.3 Å². The Morgan fingerprint density at radius 3 is 1.59 bits per heavy atom. The van der Waals surface area contributed by atoms with E-state index in [0.29, 0.717) is 26.2 Å². The molecule has 7 aliphatic rings. The summed E-state index contributed by atoms with van der Waals surface area (Å²) in [6, 6.07) is 52.2. The van der Waals surface area contributed by atoms with Crippen molar-refractivity contribution >= 4 is 45.8 Å². The standard InChI is InChI=1S/C48H40B2N2O6/c53-45-46-42-29-54-49(56-46)40-21-7-1-13-34(40)27-51(49)25-30-11-9-15-32(23-30)43-36-17-3-5-19-38(36)44(39-20-6-4-18-37(39)43)33-16-10-12-31(24-33)26-52-28-35-14-2-8-22-41(35)50(52)57-47(45)48(55-42)58-50/h1-24,42,45-48,53H,25-29H2/q-2/t42?,45-,46-,47?,48-,49?,50?/m0/s1. The second kappa shape index (κ2) is 12.4. The maximum atomic E-state index is 12.4. The smallest absolute Gasteiger partial charge is 0.350 e. The van der Waals surface area contributed by atoms with Crippen molar-refractivity contribution in [3.63, 3.8) is 0 Å². The molecule has 10 bridgehead atoms. The molecule has 0 radical (unpaired) electrons. The van der Waals surface area contributed by atoms with Crippen LogP contribution in [0, 0.1) is 0 Å². The molecule has 14 rings (SSSR count). The summed E-state index contributed by atoms with van der Waals surface area (Å²) >= 11 is 0. The van der Waals surface area contributed by atoms with E-state index in [1.165, 1.54) is 32.7 Å². The number of hydrogen-bond donors (Lipinski definition) is 1. The van der Waals surface area contributed by atoms with Gasteiger partial charge in [-0.15, -0.1) is 10.9 Å². The first-order valence-electron chi connectivity index (χ1n) is 20.6. The van der Waals surface area contributed by atoms with Gasteiger partial charge in [-0.2, -0.15) is 0 Å². The first-order valence-corrected chi connectivity index (χ1v) is 20.6. The Kier molecular flexibility index (Phi) is 7.25. The van der Waals surface area contributed by atoms with Crippen LogP contribution in [0.3, 0.4) is 0 Å². The summed E-state index contributed by atoms with van der Waals surface area (Å²) < 4.78 is 35.0. The Balaban J connectivity index is 1.04. The Morgan fingerprint density at radius 1 is 0.500 bits per heavy atom. The number of aliphatic hydroxyl groups excluding tert-OH is 1. The van der Waals surface area contributed by atoms with Gasteiger partial charge in [-0.1, -0.05) is 145 Å². The third-order valence-corrected chi connectivity index (χ3v) is 13.8. The van der Waals surface area contributed by atoms with E-state index < -0.39 is 44.1 Å². The Hall–Kier alpha value is -5.13. The summed E-state index contributed by atoms with van der Waals surface area (Å²) in [7, 11) is 0. The number of rotatable bonds is 0. The van der Waals surface area contributed by atoms with E-state index in [1.54, 1.807) is 0 Å². The average molecular weight is 762 g/mol. The molecule has 2 spiro atoms. The minimum absolute atomic E-state index is 0.247. The second-order valence-electron chi connectivity index (χ2n) is 17.0. The van der Waals surface area contributed by atoms with Crippen molar-refractivity contribution in [1.82, 2.24) is 9.62 Å². The SMILES string of the molecule is O[C@@H]1C2O[B-]34O[C@@H]2OC2CO[B-]5(O[C@@H]21)c1ccccc1CN5Cc1cccc(c1)-c1c2ccccc2c(c2ccccc12)-c1cccc(c1)CN3Cc1ccccc14. The van der Waals surface area contributed by atoms with E-state index >= 15 is 0 Å². The van der Waals surface area contributed by atoms with Gasteiger partial charge >= 0.3 is 13.4 Å². The molecule has 7 aromatic carbocycles. The van der Waals surface area contributed by atoms with Gasteiger partial charge in [0.15, 0.2) is 0 Å². The molecule has 58 heavy (non-hydrogen) atoms. The van der Waals surface area contributed by atoms with E-state index in [1.807, 2.05) is 12.1 Å². The third-order valence-electron chi connectivity index (χ3n) is 13.8. The van der Waals surface area contributed by atoms with Crippen LogP contribution in [-0.2, 0) is 49.5 Å². The summed E-state index contributed by atoms with van der Waals surface area (Å²) in [5, 5.41) is 17.2. The van der Waals surface area contributed by atoms with Crippen LogP contribution in [0.25, 0.3) is 43.8 Å². The van der Waals surface area contributed by atoms with E-state index in [9.17, 15) is 5.11 Å². The molecule has 10 heteroatoms. The lowest BCUT2D eigenvalue weighted by atomic mass is 9.61. The van der Waals surface area contributed by atoms with E-state index in [2.05, 4.69) is 143 Å². The fraction of sp³-hybridized carbons (Fsp3) is 0.208. The molecular formula is C48H40B2N2O6-2. The van der Waals surface area contributed by atoms with E-state index in [0.717, 1.165) is 44.3 Å². The summed E-state index contributed by atoms with van der Waals surface area (Å²) in [6.45, 7) is -1.67. The maximum absolute atomic E-state index is 12.4. The highest BCUT2D eigenvalue weighted by Crippen LogP contribution is 2.46. The lowest BCUT2D eigenvalue weighted by Gasteiger charge is -2.58. The van der Waals surface area contributed by atoms with Crippen LogP contribution >= 0.6 is 0 Å². The minimum atomic E-state index is -2.20. The topological polar surface area (TPSA) is 72.9 Å². The molecule has 7 atom stereocenters. The molecular weight excluding hydrogens is 722 g/mol. The number of hydrogen-bond acceptors (Lipinski definition) is 8. The van der Waals surface area contributed by atoms with Crippen LogP contribution in [0.4, 0.5) is 0 Å². The van der Waals surface area contributed by atoms with Crippen LogP contribution < -0.4 is 10.9 Å². The molecule has 7 aromatic rings. The quantitative estimate of drug-likeness (QED) is 0.137. The number of fused-ring (bicyclic) bond motifs is 2. The monoisotopic (exact) mass is 762 g/mol. The minimum Gasteiger partial charge on any atom is -0.549 e. The van der Waals surface area contributed by atoms with Gasteiger partial charge in [0.2, 0.25) is 0 Å². The number of ether oxygens (including phenoxy) is 1. The summed E-state index contributed by atoms with van der Waals surface area (Å²) in [5.74, 6) is 0. The summed E-state index contributed by atoms with van der Waals surface area (Å²) in [5.41, 5.74) is 11.4. The molecule has 286 valence electrons. The first-order chi connectivity index (χ1) is 28.6. The fourth-order valence-corrected chi connectivity index (χ4v) is 11.4. The zero-order valence-corrected chi connectivity index (χ0v) is 31.8. The van der Waals surface area contributed by atoms with Crippen LogP contribution in [0.15, 0.2) is 146 Å². The number of benzene rings is 7. The van der Waals surface area contributed by atoms with Gasteiger partial charge in [-0.25, -0.2) is 0 Å². The van der Waals surface area contributed by atoms with Gasteiger partial charge in [0.05, 0.1) is 12.2 Å².